The molecule has 2 aromatic rings. The Labute approximate surface area is 118 Å². The third kappa shape index (κ3) is 2.32. The van der Waals surface area contributed by atoms with E-state index in [0.717, 1.165) is 29.2 Å². The van der Waals surface area contributed by atoms with E-state index in [2.05, 4.69) is 22.5 Å². The molecule has 19 heavy (non-hydrogen) atoms. The van der Waals surface area contributed by atoms with Gasteiger partial charge < -0.3 is 9.30 Å². The minimum Gasteiger partial charge on any atom is -0.497 e. The lowest BCUT2D eigenvalue weighted by Gasteiger charge is -2.15. The van der Waals surface area contributed by atoms with E-state index >= 15 is 0 Å². The summed E-state index contributed by atoms with van der Waals surface area (Å²) in [7, 11) is 1.69. The number of benzene rings is 1. The zero-order valence-corrected chi connectivity index (χ0v) is 12.4. The number of alkyl halides is 1. The standard InChI is InChI=1S/C15H19ClN2O/c1-10(16)14-17-12-5-4-11(19-3)8-13(12)18(14)9-15(2)6-7-15/h4-5,8,10H,6-7,9H2,1-3H3. The van der Waals surface area contributed by atoms with Crippen LogP contribution in [-0.2, 0) is 6.54 Å². The van der Waals surface area contributed by atoms with Crippen LogP contribution in [0.2, 0.25) is 0 Å². The molecule has 0 bridgehead atoms. The Bertz CT molecular complexity index is 614. The van der Waals surface area contributed by atoms with E-state index in [1.54, 1.807) is 7.11 Å². The van der Waals surface area contributed by atoms with Gasteiger partial charge in [0.1, 0.15) is 11.6 Å². The third-order valence-corrected chi connectivity index (χ3v) is 4.18. The lowest BCUT2D eigenvalue weighted by atomic mass is 10.1. The highest BCUT2D eigenvalue weighted by atomic mass is 35.5. The maximum atomic E-state index is 6.29. The summed E-state index contributed by atoms with van der Waals surface area (Å²) in [6.45, 7) is 5.29. The van der Waals surface area contributed by atoms with Crippen LogP contribution in [0.25, 0.3) is 11.0 Å². The van der Waals surface area contributed by atoms with Crippen molar-refractivity contribution in [2.75, 3.05) is 7.11 Å². The highest BCUT2D eigenvalue weighted by molar-refractivity contribution is 6.20. The van der Waals surface area contributed by atoms with Gasteiger partial charge in [-0.3, -0.25) is 0 Å². The molecule has 1 fully saturated rings. The second-order valence-corrected chi connectivity index (χ2v) is 6.49. The normalized spacial score (nSPS) is 18.5. The highest BCUT2D eigenvalue weighted by Gasteiger charge is 2.38. The first-order valence-corrected chi connectivity index (χ1v) is 7.14. The van der Waals surface area contributed by atoms with Crippen molar-refractivity contribution < 1.29 is 4.74 Å². The van der Waals surface area contributed by atoms with Crippen molar-refractivity contribution in [3.63, 3.8) is 0 Å². The van der Waals surface area contributed by atoms with Gasteiger partial charge in [0.25, 0.3) is 0 Å². The van der Waals surface area contributed by atoms with E-state index in [-0.39, 0.29) is 5.38 Å². The van der Waals surface area contributed by atoms with E-state index in [1.807, 2.05) is 19.1 Å². The number of ether oxygens (including phenoxy) is 1. The summed E-state index contributed by atoms with van der Waals surface area (Å²) in [5, 5.41) is -0.0826. The van der Waals surface area contributed by atoms with E-state index in [1.165, 1.54) is 12.8 Å². The summed E-state index contributed by atoms with van der Waals surface area (Å²) in [6.07, 6.45) is 2.57. The average molecular weight is 279 g/mol. The Morgan fingerprint density at radius 2 is 2.21 bits per heavy atom. The number of halogens is 1. The summed E-state index contributed by atoms with van der Waals surface area (Å²) < 4.78 is 7.59. The molecule has 0 spiro atoms. The van der Waals surface area contributed by atoms with E-state index in [0.29, 0.717) is 5.41 Å². The molecule has 3 rings (SSSR count). The fraction of sp³-hybridized carbons (Fsp3) is 0.533. The lowest BCUT2D eigenvalue weighted by molar-refractivity contribution is 0.414. The van der Waals surface area contributed by atoms with Gasteiger partial charge in [0, 0.05) is 12.6 Å². The predicted octanol–water partition coefficient (Wildman–Crippen LogP) is 4.14. The number of hydrogen-bond donors (Lipinski definition) is 0. The van der Waals surface area contributed by atoms with Gasteiger partial charge in [-0.25, -0.2) is 4.98 Å². The molecule has 3 nitrogen and oxygen atoms in total. The number of rotatable bonds is 4. The summed E-state index contributed by atoms with van der Waals surface area (Å²) in [4.78, 5) is 4.67. The number of methoxy groups -OCH3 is 1. The first kappa shape index (κ1) is 12.8. The molecular formula is C15H19ClN2O. The molecule has 1 aliphatic carbocycles. The van der Waals surface area contributed by atoms with Crippen molar-refractivity contribution in [2.45, 2.75) is 38.6 Å². The van der Waals surface area contributed by atoms with Crippen LogP contribution in [0, 0.1) is 5.41 Å². The van der Waals surface area contributed by atoms with Crippen LogP contribution in [0.15, 0.2) is 18.2 Å². The van der Waals surface area contributed by atoms with Gasteiger partial charge in [-0.05, 0) is 37.3 Å². The van der Waals surface area contributed by atoms with Crippen LogP contribution < -0.4 is 4.74 Å². The smallest absolute Gasteiger partial charge is 0.127 e. The number of nitrogens with zero attached hydrogens (tertiary/aromatic N) is 2. The minimum atomic E-state index is -0.0826. The van der Waals surface area contributed by atoms with Crippen LogP contribution >= 0.6 is 11.6 Å². The maximum absolute atomic E-state index is 6.29. The molecule has 0 aliphatic heterocycles. The van der Waals surface area contributed by atoms with Crippen LogP contribution in [0.4, 0.5) is 0 Å². The second kappa shape index (κ2) is 4.41. The third-order valence-electron chi connectivity index (χ3n) is 3.98. The van der Waals surface area contributed by atoms with Crippen LogP contribution in [-0.4, -0.2) is 16.7 Å². The van der Waals surface area contributed by atoms with Crippen LogP contribution in [0.5, 0.6) is 5.75 Å². The molecule has 1 atom stereocenters. The summed E-state index contributed by atoms with van der Waals surface area (Å²) in [6, 6.07) is 6.00. The molecule has 1 saturated carbocycles. The number of hydrogen-bond acceptors (Lipinski definition) is 2. The molecule has 0 N–H and O–H groups in total. The van der Waals surface area contributed by atoms with Crippen molar-refractivity contribution in [1.29, 1.82) is 0 Å². The number of imidazole rings is 1. The minimum absolute atomic E-state index is 0.0826. The highest BCUT2D eigenvalue weighted by Crippen LogP contribution is 2.47. The molecule has 0 radical (unpaired) electrons. The Hall–Kier alpha value is -1.22. The first-order valence-electron chi connectivity index (χ1n) is 6.71. The van der Waals surface area contributed by atoms with Gasteiger partial charge in [-0.15, -0.1) is 11.6 Å². The molecule has 1 unspecified atom stereocenters. The van der Waals surface area contributed by atoms with Gasteiger partial charge in [0.05, 0.1) is 23.5 Å². The molecule has 1 aromatic carbocycles. The molecule has 1 aliphatic rings. The Morgan fingerprint density at radius 1 is 1.47 bits per heavy atom. The van der Waals surface area contributed by atoms with Gasteiger partial charge in [-0.2, -0.15) is 0 Å². The monoisotopic (exact) mass is 278 g/mol. The lowest BCUT2D eigenvalue weighted by Crippen LogP contribution is -2.11. The van der Waals surface area contributed by atoms with E-state index < -0.39 is 0 Å². The predicted molar refractivity (Wildman–Crippen MR) is 77.9 cm³/mol. The average Bonchev–Trinajstić information content (AvgIpc) is 3.00. The zero-order valence-electron chi connectivity index (χ0n) is 11.6. The van der Waals surface area contributed by atoms with Crippen molar-refractivity contribution >= 4 is 22.6 Å². The van der Waals surface area contributed by atoms with Crippen molar-refractivity contribution in [3.8, 4) is 5.75 Å². The summed E-state index contributed by atoms with van der Waals surface area (Å²) in [5.74, 6) is 1.82. The molecule has 0 saturated heterocycles. The van der Waals surface area contributed by atoms with Gasteiger partial charge in [-0.1, -0.05) is 6.92 Å². The van der Waals surface area contributed by atoms with Crippen molar-refractivity contribution in [2.24, 2.45) is 5.41 Å². The summed E-state index contributed by atoms with van der Waals surface area (Å²) >= 11 is 6.29. The molecule has 102 valence electrons. The molecule has 0 amide bonds. The Kier molecular flexibility index (Phi) is 2.97. The van der Waals surface area contributed by atoms with E-state index in [9.17, 15) is 0 Å². The molecule has 4 heteroatoms. The Balaban J connectivity index is 2.14. The Morgan fingerprint density at radius 3 is 2.79 bits per heavy atom. The first-order chi connectivity index (χ1) is 9.02. The van der Waals surface area contributed by atoms with E-state index in [4.69, 9.17) is 16.3 Å². The van der Waals surface area contributed by atoms with Gasteiger partial charge in [0.2, 0.25) is 0 Å². The van der Waals surface area contributed by atoms with Gasteiger partial charge >= 0.3 is 0 Å². The van der Waals surface area contributed by atoms with Crippen molar-refractivity contribution in [3.05, 3.63) is 24.0 Å². The fourth-order valence-electron chi connectivity index (χ4n) is 2.47. The van der Waals surface area contributed by atoms with Crippen LogP contribution in [0.1, 0.15) is 37.9 Å². The van der Waals surface area contributed by atoms with Crippen LogP contribution in [0.3, 0.4) is 0 Å². The molecular weight excluding hydrogens is 260 g/mol. The quantitative estimate of drug-likeness (QED) is 0.786. The largest absolute Gasteiger partial charge is 0.497 e. The fourth-order valence-corrected chi connectivity index (χ4v) is 2.64. The summed E-state index contributed by atoms with van der Waals surface area (Å²) in [5.41, 5.74) is 2.53. The second-order valence-electron chi connectivity index (χ2n) is 5.84. The molecule has 1 aromatic heterocycles. The zero-order chi connectivity index (χ0) is 13.6. The van der Waals surface area contributed by atoms with Gasteiger partial charge in [0.15, 0.2) is 0 Å². The van der Waals surface area contributed by atoms with Crippen molar-refractivity contribution in [1.82, 2.24) is 9.55 Å². The topological polar surface area (TPSA) is 27.1 Å². The maximum Gasteiger partial charge on any atom is 0.127 e. The number of aromatic nitrogens is 2. The number of fused-ring (bicyclic) bond motifs is 1. The SMILES string of the molecule is COc1ccc2nc(C(C)Cl)n(CC3(C)CC3)c2c1. The molecule has 1 heterocycles.